The maximum atomic E-state index is 4.10. The van der Waals surface area contributed by atoms with Crippen molar-refractivity contribution >= 4 is 0 Å². The minimum atomic E-state index is 0.303. The van der Waals surface area contributed by atoms with Crippen LogP contribution in [0.5, 0.6) is 0 Å². The molecule has 3 rings (SSSR count). The Morgan fingerprint density at radius 2 is 2.17 bits per heavy atom. The number of aromatic nitrogens is 4. The number of aromatic amines is 1. The van der Waals surface area contributed by atoms with E-state index in [9.17, 15) is 0 Å². The molecule has 1 aliphatic rings. The fourth-order valence-electron chi connectivity index (χ4n) is 2.81. The monoisotopic (exact) mass is 243 g/mol. The summed E-state index contributed by atoms with van der Waals surface area (Å²) in [5.74, 6) is 1.48. The minimum absolute atomic E-state index is 0.303. The molecule has 0 radical (unpaired) electrons. The van der Waals surface area contributed by atoms with E-state index in [2.05, 4.69) is 62.9 Å². The second-order valence-corrected chi connectivity index (χ2v) is 5.02. The van der Waals surface area contributed by atoms with Crippen LogP contribution in [0.4, 0.5) is 0 Å². The third-order valence-electron chi connectivity index (χ3n) is 3.66. The van der Waals surface area contributed by atoms with Crippen LogP contribution in [0.1, 0.15) is 23.9 Å². The molecular weight excluding hydrogens is 226 g/mol. The molecule has 0 spiro atoms. The summed E-state index contributed by atoms with van der Waals surface area (Å²) in [7, 11) is 2.13. The Kier molecular flexibility index (Phi) is 3.06. The van der Waals surface area contributed by atoms with Crippen LogP contribution in [0.25, 0.3) is 0 Å². The SMILES string of the molecule is CN1C[C@H](Cc2ccccc2)CC1c1nn[nH]n1. The Morgan fingerprint density at radius 1 is 1.33 bits per heavy atom. The van der Waals surface area contributed by atoms with Gasteiger partial charge in [0.25, 0.3) is 0 Å². The van der Waals surface area contributed by atoms with Crippen molar-refractivity contribution in [2.75, 3.05) is 13.6 Å². The van der Waals surface area contributed by atoms with Gasteiger partial charge in [-0.25, -0.2) is 0 Å². The van der Waals surface area contributed by atoms with E-state index in [0.29, 0.717) is 12.0 Å². The fraction of sp³-hybridized carbons (Fsp3) is 0.462. The molecule has 94 valence electrons. The topological polar surface area (TPSA) is 57.7 Å². The van der Waals surface area contributed by atoms with E-state index in [1.807, 2.05) is 0 Å². The van der Waals surface area contributed by atoms with Crippen LogP contribution in [-0.4, -0.2) is 39.1 Å². The molecule has 1 aromatic heterocycles. The molecule has 5 nitrogen and oxygen atoms in total. The second-order valence-electron chi connectivity index (χ2n) is 5.02. The van der Waals surface area contributed by atoms with Gasteiger partial charge in [0.2, 0.25) is 0 Å². The highest BCUT2D eigenvalue weighted by Crippen LogP contribution is 2.33. The molecular formula is C13H17N5. The van der Waals surface area contributed by atoms with Gasteiger partial charge < -0.3 is 0 Å². The van der Waals surface area contributed by atoms with Crippen LogP contribution in [-0.2, 0) is 6.42 Å². The number of hydrogen-bond acceptors (Lipinski definition) is 4. The highest BCUT2D eigenvalue weighted by Gasteiger charge is 2.32. The summed E-state index contributed by atoms with van der Waals surface area (Å²) < 4.78 is 0. The summed E-state index contributed by atoms with van der Waals surface area (Å²) in [4.78, 5) is 2.32. The van der Waals surface area contributed by atoms with Crippen LogP contribution >= 0.6 is 0 Å². The van der Waals surface area contributed by atoms with Crippen molar-refractivity contribution in [3.05, 3.63) is 41.7 Å². The fourth-order valence-corrected chi connectivity index (χ4v) is 2.81. The van der Waals surface area contributed by atoms with Crippen LogP contribution in [0.3, 0.4) is 0 Å². The standard InChI is InChI=1S/C13H17N5/c1-18-9-11(7-10-5-3-2-4-6-10)8-12(18)13-14-16-17-15-13/h2-6,11-12H,7-9H2,1H3,(H,14,15,16,17)/t11-,12?/m1/s1. The maximum absolute atomic E-state index is 4.10. The van der Waals surface area contributed by atoms with Gasteiger partial charge in [0, 0.05) is 6.54 Å². The van der Waals surface area contributed by atoms with Crippen molar-refractivity contribution in [2.24, 2.45) is 5.92 Å². The van der Waals surface area contributed by atoms with Gasteiger partial charge >= 0.3 is 0 Å². The molecule has 1 aromatic carbocycles. The summed E-state index contributed by atoms with van der Waals surface area (Å²) >= 11 is 0. The molecule has 1 saturated heterocycles. The number of nitrogens with zero attached hydrogens (tertiary/aromatic N) is 4. The van der Waals surface area contributed by atoms with Crippen molar-refractivity contribution in [3.8, 4) is 0 Å². The van der Waals surface area contributed by atoms with Gasteiger partial charge in [-0.15, -0.1) is 10.2 Å². The van der Waals surface area contributed by atoms with Gasteiger partial charge in [-0.05, 0) is 31.4 Å². The van der Waals surface area contributed by atoms with Gasteiger partial charge in [0.15, 0.2) is 5.82 Å². The molecule has 1 unspecified atom stereocenters. The first-order chi connectivity index (χ1) is 8.83. The first kappa shape index (κ1) is 11.3. The van der Waals surface area contributed by atoms with Gasteiger partial charge in [-0.3, -0.25) is 4.90 Å². The number of benzene rings is 1. The zero-order valence-corrected chi connectivity index (χ0v) is 10.5. The van der Waals surface area contributed by atoms with E-state index >= 15 is 0 Å². The zero-order valence-electron chi connectivity index (χ0n) is 10.5. The third kappa shape index (κ3) is 2.26. The van der Waals surface area contributed by atoms with E-state index < -0.39 is 0 Å². The molecule has 0 amide bonds. The lowest BCUT2D eigenvalue weighted by Crippen LogP contribution is -2.19. The Morgan fingerprint density at radius 3 is 2.89 bits per heavy atom. The molecule has 5 heteroatoms. The maximum Gasteiger partial charge on any atom is 0.191 e. The predicted molar refractivity (Wildman–Crippen MR) is 67.8 cm³/mol. The molecule has 0 bridgehead atoms. The van der Waals surface area contributed by atoms with E-state index in [-0.39, 0.29) is 0 Å². The van der Waals surface area contributed by atoms with Crippen LogP contribution in [0.2, 0.25) is 0 Å². The number of rotatable bonds is 3. The van der Waals surface area contributed by atoms with Crippen LogP contribution in [0, 0.1) is 5.92 Å². The summed E-state index contributed by atoms with van der Waals surface area (Å²) in [6, 6.07) is 11.0. The summed E-state index contributed by atoms with van der Waals surface area (Å²) in [5.41, 5.74) is 1.41. The number of nitrogens with one attached hydrogen (secondary N) is 1. The number of H-pyrrole nitrogens is 1. The highest BCUT2D eigenvalue weighted by atomic mass is 15.5. The number of tetrazole rings is 1. The third-order valence-corrected chi connectivity index (χ3v) is 3.66. The molecule has 0 aliphatic carbocycles. The highest BCUT2D eigenvalue weighted by molar-refractivity contribution is 5.16. The van der Waals surface area contributed by atoms with Crippen LogP contribution in [0.15, 0.2) is 30.3 Å². The Bertz CT molecular complexity index is 481. The first-order valence-corrected chi connectivity index (χ1v) is 6.30. The van der Waals surface area contributed by atoms with Gasteiger partial charge in [-0.2, -0.15) is 5.21 Å². The molecule has 0 saturated carbocycles. The van der Waals surface area contributed by atoms with E-state index in [1.165, 1.54) is 5.56 Å². The Labute approximate surface area is 106 Å². The number of likely N-dealkylation sites (tertiary alicyclic amines) is 1. The van der Waals surface area contributed by atoms with Crippen LogP contribution < -0.4 is 0 Å². The average molecular weight is 243 g/mol. The summed E-state index contributed by atoms with van der Waals surface area (Å²) in [5, 5.41) is 14.4. The molecule has 18 heavy (non-hydrogen) atoms. The summed E-state index contributed by atoms with van der Waals surface area (Å²) in [6.07, 6.45) is 2.23. The van der Waals surface area contributed by atoms with Gasteiger partial charge in [-0.1, -0.05) is 35.5 Å². The smallest absolute Gasteiger partial charge is 0.191 e. The normalized spacial score (nSPS) is 24.5. The Hall–Kier alpha value is -1.75. The first-order valence-electron chi connectivity index (χ1n) is 6.30. The molecule has 1 aliphatic heterocycles. The second kappa shape index (κ2) is 4.86. The van der Waals surface area contributed by atoms with E-state index in [1.54, 1.807) is 0 Å². The van der Waals surface area contributed by atoms with Gasteiger partial charge in [0.1, 0.15) is 0 Å². The Balaban J connectivity index is 1.67. The lowest BCUT2D eigenvalue weighted by Gasteiger charge is -2.14. The predicted octanol–water partition coefficient (Wildman–Crippen LogP) is 1.44. The largest absolute Gasteiger partial charge is 0.296 e. The molecule has 2 heterocycles. The van der Waals surface area contributed by atoms with Crippen molar-refractivity contribution < 1.29 is 0 Å². The van der Waals surface area contributed by atoms with Gasteiger partial charge in [0.05, 0.1) is 6.04 Å². The molecule has 2 aromatic rings. The zero-order chi connectivity index (χ0) is 12.4. The van der Waals surface area contributed by atoms with Crippen molar-refractivity contribution in [2.45, 2.75) is 18.9 Å². The van der Waals surface area contributed by atoms with E-state index in [0.717, 1.165) is 25.2 Å². The quantitative estimate of drug-likeness (QED) is 0.886. The molecule has 2 atom stereocenters. The minimum Gasteiger partial charge on any atom is -0.296 e. The molecule has 1 N–H and O–H groups in total. The lowest BCUT2D eigenvalue weighted by atomic mass is 9.96. The average Bonchev–Trinajstić information content (AvgIpc) is 3.00. The van der Waals surface area contributed by atoms with E-state index in [4.69, 9.17) is 0 Å². The van der Waals surface area contributed by atoms with Crippen molar-refractivity contribution in [3.63, 3.8) is 0 Å². The van der Waals surface area contributed by atoms with Crippen molar-refractivity contribution in [1.82, 2.24) is 25.5 Å². The molecule has 1 fully saturated rings. The lowest BCUT2D eigenvalue weighted by molar-refractivity contribution is 0.302. The number of hydrogen-bond donors (Lipinski definition) is 1. The summed E-state index contributed by atoms with van der Waals surface area (Å²) in [6.45, 7) is 1.09. The van der Waals surface area contributed by atoms with Crippen molar-refractivity contribution in [1.29, 1.82) is 0 Å².